The first-order valence-corrected chi connectivity index (χ1v) is 9.72. The Morgan fingerprint density at radius 2 is 1.83 bits per heavy atom. The summed E-state index contributed by atoms with van der Waals surface area (Å²) >= 11 is 0. The summed E-state index contributed by atoms with van der Waals surface area (Å²) in [5.41, 5.74) is 0. The highest BCUT2D eigenvalue weighted by Gasteiger charge is 2.18. The third kappa shape index (κ3) is 4.76. The standard InChI is InChI=1S/C18H23FN10O/c1-3-28-10-14(22-11-28)24-17-25-16(23-12(2)15-20-8-13(19)9-21-15)26-18(27-17)29-4-6-30-7-5-29/h8-12H,3-7H2,1-2H3,(H2,23,24,25,26,27)/t12-/m0/s1. The number of nitrogens with one attached hydrogen (secondary N) is 2. The van der Waals surface area contributed by atoms with Crippen LogP contribution in [0.3, 0.4) is 0 Å². The second-order valence-electron chi connectivity index (χ2n) is 6.72. The second kappa shape index (κ2) is 8.95. The summed E-state index contributed by atoms with van der Waals surface area (Å²) in [6.45, 7) is 7.28. The van der Waals surface area contributed by atoms with E-state index in [0.29, 0.717) is 55.8 Å². The van der Waals surface area contributed by atoms with Crippen LogP contribution in [-0.2, 0) is 11.3 Å². The van der Waals surface area contributed by atoms with E-state index < -0.39 is 5.82 Å². The normalized spacial score (nSPS) is 15.1. The molecule has 0 aliphatic carbocycles. The molecule has 1 aliphatic heterocycles. The average molecular weight is 414 g/mol. The molecule has 1 atom stereocenters. The Labute approximate surface area is 172 Å². The fraction of sp³-hybridized carbons (Fsp3) is 0.444. The lowest BCUT2D eigenvalue weighted by atomic mass is 10.3. The topological polar surface area (TPSA) is 119 Å². The fourth-order valence-corrected chi connectivity index (χ4v) is 2.91. The van der Waals surface area contributed by atoms with Crippen LogP contribution in [0.2, 0.25) is 0 Å². The van der Waals surface area contributed by atoms with Crippen LogP contribution in [0.4, 0.5) is 28.1 Å². The second-order valence-corrected chi connectivity index (χ2v) is 6.72. The van der Waals surface area contributed by atoms with E-state index in [1.54, 1.807) is 6.33 Å². The number of aryl methyl sites for hydroxylation is 1. The zero-order valence-corrected chi connectivity index (χ0v) is 16.8. The van der Waals surface area contributed by atoms with E-state index >= 15 is 0 Å². The van der Waals surface area contributed by atoms with Crippen molar-refractivity contribution in [3.8, 4) is 0 Å². The van der Waals surface area contributed by atoms with E-state index in [2.05, 4.69) is 40.5 Å². The molecule has 30 heavy (non-hydrogen) atoms. The van der Waals surface area contributed by atoms with E-state index in [0.717, 1.165) is 18.9 Å². The maximum Gasteiger partial charge on any atom is 0.235 e. The average Bonchev–Trinajstić information content (AvgIpc) is 3.22. The molecule has 2 N–H and O–H groups in total. The van der Waals surface area contributed by atoms with Gasteiger partial charge >= 0.3 is 0 Å². The predicted molar refractivity (Wildman–Crippen MR) is 108 cm³/mol. The summed E-state index contributed by atoms with van der Waals surface area (Å²) in [6.07, 6.45) is 5.87. The monoisotopic (exact) mass is 414 g/mol. The van der Waals surface area contributed by atoms with Gasteiger partial charge in [-0.05, 0) is 13.8 Å². The van der Waals surface area contributed by atoms with E-state index in [-0.39, 0.29) is 6.04 Å². The molecular formula is C18H23FN10O. The highest BCUT2D eigenvalue weighted by Crippen LogP contribution is 2.20. The summed E-state index contributed by atoms with van der Waals surface area (Å²) in [7, 11) is 0. The van der Waals surface area contributed by atoms with Crippen molar-refractivity contribution in [2.75, 3.05) is 41.8 Å². The highest BCUT2D eigenvalue weighted by molar-refractivity contribution is 5.51. The van der Waals surface area contributed by atoms with Crippen LogP contribution >= 0.6 is 0 Å². The van der Waals surface area contributed by atoms with Crippen LogP contribution in [0.15, 0.2) is 24.9 Å². The number of halogens is 1. The Bertz CT molecular complexity index is 973. The largest absolute Gasteiger partial charge is 0.378 e. The Morgan fingerprint density at radius 3 is 2.53 bits per heavy atom. The molecule has 4 heterocycles. The molecule has 158 valence electrons. The van der Waals surface area contributed by atoms with Gasteiger partial charge in [0.2, 0.25) is 17.8 Å². The minimum atomic E-state index is -0.487. The number of morpholine rings is 1. The summed E-state index contributed by atoms with van der Waals surface area (Å²) in [5, 5.41) is 6.29. The number of hydrogen-bond acceptors (Lipinski definition) is 10. The van der Waals surface area contributed by atoms with Gasteiger partial charge in [0.05, 0.1) is 38.0 Å². The lowest BCUT2D eigenvalue weighted by Gasteiger charge is -2.27. The fourth-order valence-electron chi connectivity index (χ4n) is 2.91. The zero-order chi connectivity index (χ0) is 20.9. The molecule has 0 bridgehead atoms. The van der Waals surface area contributed by atoms with Crippen LogP contribution in [0.5, 0.6) is 0 Å². The Morgan fingerprint density at radius 1 is 1.10 bits per heavy atom. The third-order valence-corrected chi connectivity index (χ3v) is 4.53. The molecule has 1 fully saturated rings. The van der Waals surface area contributed by atoms with Crippen LogP contribution in [0.25, 0.3) is 0 Å². The first-order chi connectivity index (χ1) is 14.6. The van der Waals surface area contributed by atoms with Gasteiger partial charge in [-0.1, -0.05) is 0 Å². The predicted octanol–water partition coefficient (Wildman–Crippen LogP) is 1.77. The van der Waals surface area contributed by atoms with Gasteiger partial charge in [0.15, 0.2) is 11.6 Å². The molecular weight excluding hydrogens is 391 g/mol. The third-order valence-electron chi connectivity index (χ3n) is 4.53. The molecule has 0 saturated carbocycles. The molecule has 12 heteroatoms. The van der Waals surface area contributed by atoms with Gasteiger partial charge in [0, 0.05) is 25.8 Å². The number of ether oxygens (including phenoxy) is 1. The Hall–Kier alpha value is -3.41. The maximum atomic E-state index is 13.1. The quantitative estimate of drug-likeness (QED) is 0.592. The summed E-state index contributed by atoms with van der Waals surface area (Å²) in [5.74, 6) is 1.82. The van der Waals surface area contributed by atoms with Crippen molar-refractivity contribution in [1.82, 2.24) is 34.5 Å². The molecule has 1 aliphatic rings. The van der Waals surface area contributed by atoms with E-state index in [9.17, 15) is 4.39 Å². The first kappa shape index (κ1) is 19.9. The van der Waals surface area contributed by atoms with Crippen molar-refractivity contribution in [2.24, 2.45) is 0 Å². The van der Waals surface area contributed by atoms with Gasteiger partial charge in [-0.25, -0.2) is 19.3 Å². The summed E-state index contributed by atoms with van der Waals surface area (Å²) < 4.78 is 20.5. The molecule has 11 nitrogen and oxygen atoms in total. The van der Waals surface area contributed by atoms with Crippen LogP contribution in [-0.4, -0.2) is 60.8 Å². The van der Waals surface area contributed by atoms with Crippen molar-refractivity contribution in [2.45, 2.75) is 26.4 Å². The summed E-state index contributed by atoms with van der Waals surface area (Å²) in [4.78, 5) is 27.9. The molecule has 4 rings (SSSR count). The van der Waals surface area contributed by atoms with Crippen molar-refractivity contribution in [3.63, 3.8) is 0 Å². The number of hydrogen-bond donors (Lipinski definition) is 2. The van der Waals surface area contributed by atoms with Gasteiger partial charge < -0.3 is 24.8 Å². The molecule has 0 aromatic carbocycles. The smallest absolute Gasteiger partial charge is 0.235 e. The van der Waals surface area contributed by atoms with E-state index in [1.165, 1.54) is 0 Å². The minimum absolute atomic E-state index is 0.335. The van der Waals surface area contributed by atoms with E-state index in [4.69, 9.17) is 4.74 Å². The Balaban J connectivity index is 1.59. The van der Waals surface area contributed by atoms with Crippen LogP contribution < -0.4 is 15.5 Å². The Kier molecular flexibility index (Phi) is 5.93. The lowest BCUT2D eigenvalue weighted by Crippen LogP contribution is -2.37. The SMILES string of the molecule is CCn1cnc(Nc2nc(N[C@@H](C)c3ncc(F)cn3)nc(N3CCOCC3)n2)c1. The van der Waals surface area contributed by atoms with Crippen molar-refractivity contribution in [3.05, 3.63) is 36.6 Å². The van der Waals surface area contributed by atoms with Gasteiger partial charge in [0.1, 0.15) is 5.82 Å². The first-order valence-electron chi connectivity index (χ1n) is 9.72. The van der Waals surface area contributed by atoms with Crippen LogP contribution in [0, 0.1) is 5.82 Å². The maximum absolute atomic E-state index is 13.1. The van der Waals surface area contributed by atoms with E-state index in [1.807, 2.05) is 29.5 Å². The van der Waals surface area contributed by atoms with Crippen molar-refractivity contribution in [1.29, 1.82) is 0 Å². The zero-order valence-electron chi connectivity index (χ0n) is 16.8. The minimum Gasteiger partial charge on any atom is -0.378 e. The van der Waals surface area contributed by atoms with Crippen molar-refractivity contribution < 1.29 is 9.13 Å². The molecule has 0 radical (unpaired) electrons. The molecule has 3 aromatic rings. The molecule has 1 saturated heterocycles. The molecule has 0 unspecified atom stereocenters. The number of rotatable bonds is 7. The molecule has 3 aromatic heterocycles. The molecule has 0 spiro atoms. The molecule has 0 amide bonds. The van der Waals surface area contributed by atoms with Gasteiger partial charge in [-0.3, -0.25) is 0 Å². The summed E-state index contributed by atoms with van der Waals surface area (Å²) in [6, 6.07) is -0.335. The van der Waals surface area contributed by atoms with Gasteiger partial charge in [-0.2, -0.15) is 15.0 Å². The van der Waals surface area contributed by atoms with Gasteiger partial charge in [0.25, 0.3) is 0 Å². The number of nitrogens with zero attached hydrogens (tertiary/aromatic N) is 8. The number of anilines is 4. The van der Waals surface area contributed by atoms with Crippen molar-refractivity contribution >= 4 is 23.7 Å². The highest BCUT2D eigenvalue weighted by atomic mass is 19.1. The number of aromatic nitrogens is 7. The van der Waals surface area contributed by atoms with Crippen LogP contribution in [0.1, 0.15) is 25.7 Å². The van der Waals surface area contributed by atoms with Gasteiger partial charge in [-0.15, -0.1) is 0 Å². The lowest BCUT2D eigenvalue weighted by molar-refractivity contribution is 0.122. The number of imidazole rings is 1.